The van der Waals surface area contributed by atoms with Crippen molar-refractivity contribution in [2.24, 2.45) is 0 Å². The van der Waals surface area contributed by atoms with Gasteiger partial charge in [0.05, 0.1) is 6.61 Å². The highest BCUT2D eigenvalue weighted by Crippen LogP contribution is 2.17. The molecule has 0 aliphatic carbocycles. The highest BCUT2D eigenvalue weighted by molar-refractivity contribution is 5.70. The van der Waals surface area contributed by atoms with Gasteiger partial charge in [0.2, 0.25) is 0 Å². The molecule has 0 spiro atoms. The number of carbonyl (C=O) groups is 2. The van der Waals surface area contributed by atoms with Crippen LogP contribution in [0.5, 0.6) is 0 Å². The van der Waals surface area contributed by atoms with Gasteiger partial charge in [0.15, 0.2) is 6.10 Å². The molecule has 5 nitrogen and oxygen atoms in total. The first-order chi connectivity index (χ1) is 40.6. The Bertz CT molecular complexity index is 1710. The number of esters is 2. The smallest absolute Gasteiger partial charge is 0.306 e. The Balaban J connectivity index is 3.54. The molecule has 5 heteroatoms. The van der Waals surface area contributed by atoms with Crippen LogP contribution in [0.3, 0.4) is 0 Å². The molecule has 466 valence electrons. The maximum atomic E-state index is 12.3. The molecule has 0 saturated carbocycles. The molecule has 0 rings (SSSR count). The van der Waals surface area contributed by atoms with Crippen molar-refractivity contribution < 1.29 is 24.2 Å². The Labute approximate surface area is 508 Å². The van der Waals surface area contributed by atoms with Crippen LogP contribution in [0.2, 0.25) is 0 Å². The molecule has 0 radical (unpaired) electrons. The van der Waals surface area contributed by atoms with Crippen molar-refractivity contribution in [2.75, 3.05) is 13.2 Å². The lowest BCUT2D eigenvalue weighted by Crippen LogP contribution is -2.28. The number of hydrogen-bond donors (Lipinski definition) is 1. The zero-order valence-corrected chi connectivity index (χ0v) is 53.5. The Morgan fingerprint density at radius 2 is 0.524 bits per heavy atom. The first-order valence-corrected chi connectivity index (χ1v) is 34.4. The maximum Gasteiger partial charge on any atom is 0.306 e. The quantitative estimate of drug-likeness (QED) is 0.0373. The third kappa shape index (κ3) is 68.3. The van der Waals surface area contributed by atoms with E-state index in [-0.39, 0.29) is 25.2 Å². The largest absolute Gasteiger partial charge is 0.462 e. The molecule has 0 aliphatic heterocycles. The van der Waals surface area contributed by atoms with Crippen LogP contribution in [0.15, 0.2) is 146 Å². The molecule has 0 aromatic heterocycles. The molecule has 1 atom stereocenters. The third-order valence-electron chi connectivity index (χ3n) is 14.6. The molecule has 0 aromatic rings. The van der Waals surface area contributed by atoms with Crippen LogP contribution in [0.4, 0.5) is 0 Å². The Morgan fingerprint density at radius 3 is 0.805 bits per heavy atom. The molecular formula is C77H128O5. The lowest BCUT2D eigenvalue weighted by Gasteiger charge is -2.15. The standard InChI is InChI=1S/C77H128O5/c1-3-5-7-9-11-13-15-17-19-21-23-25-27-29-31-33-35-36-37-38-39-40-42-43-45-47-49-51-53-55-57-59-61-63-65-67-69-71-76(79)81-74-75(73-78)82-77(80)72-70-68-66-64-62-60-58-56-54-52-50-48-46-44-41-34-32-30-28-26-24-22-20-18-16-14-12-10-8-6-4-2/h6,8,12,14-15,17-18,20-21,23-24,26-27,29-30,32,41,44,48,50,54,56,60,62,75,78H,3-5,7,9-11,13,16,19,22,25,28,31,33-40,42-43,45-47,49,51-53,55,57-59,61,63-74H2,1-2H3/b8-6-,14-12-,17-15-,20-18-,23-21-,26-24-,29-27-,32-30-,44-41-,50-48-,56-54-,62-60-. The number of aliphatic hydroxyl groups excluding tert-OH is 1. The molecule has 0 aliphatic rings. The van der Waals surface area contributed by atoms with Crippen LogP contribution >= 0.6 is 0 Å². The second kappa shape index (κ2) is 71.0. The van der Waals surface area contributed by atoms with Crippen LogP contribution < -0.4 is 0 Å². The molecule has 1 unspecified atom stereocenters. The first-order valence-electron chi connectivity index (χ1n) is 34.4. The summed E-state index contributed by atoms with van der Waals surface area (Å²) < 4.78 is 10.7. The number of aliphatic hydroxyl groups is 1. The summed E-state index contributed by atoms with van der Waals surface area (Å²) in [6, 6.07) is 0. The summed E-state index contributed by atoms with van der Waals surface area (Å²) in [6.07, 6.45) is 107. The van der Waals surface area contributed by atoms with Gasteiger partial charge in [-0.2, -0.15) is 0 Å². The van der Waals surface area contributed by atoms with Crippen molar-refractivity contribution in [3.8, 4) is 0 Å². The van der Waals surface area contributed by atoms with E-state index in [1.165, 1.54) is 167 Å². The summed E-state index contributed by atoms with van der Waals surface area (Å²) >= 11 is 0. The zero-order chi connectivity index (χ0) is 59.1. The molecule has 0 heterocycles. The second-order valence-electron chi connectivity index (χ2n) is 22.5. The van der Waals surface area contributed by atoms with Gasteiger partial charge in [0.1, 0.15) is 6.61 Å². The molecule has 0 saturated heterocycles. The highest BCUT2D eigenvalue weighted by atomic mass is 16.6. The van der Waals surface area contributed by atoms with Gasteiger partial charge >= 0.3 is 11.9 Å². The van der Waals surface area contributed by atoms with Gasteiger partial charge in [-0.1, -0.05) is 320 Å². The average Bonchev–Trinajstić information content (AvgIpc) is 3.49. The molecule has 0 aromatic carbocycles. The van der Waals surface area contributed by atoms with Crippen LogP contribution in [-0.2, 0) is 19.1 Å². The number of unbranched alkanes of at least 4 members (excludes halogenated alkanes) is 30. The minimum Gasteiger partial charge on any atom is -0.462 e. The summed E-state index contributed by atoms with van der Waals surface area (Å²) in [5.74, 6) is -0.628. The van der Waals surface area contributed by atoms with E-state index in [1.807, 2.05) is 0 Å². The fourth-order valence-electron chi connectivity index (χ4n) is 9.50. The molecule has 0 amide bonds. The van der Waals surface area contributed by atoms with Crippen molar-refractivity contribution in [2.45, 2.75) is 315 Å². The third-order valence-corrected chi connectivity index (χ3v) is 14.6. The van der Waals surface area contributed by atoms with E-state index in [9.17, 15) is 14.7 Å². The van der Waals surface area contributed by atoms with E-state index in [0.29, 0.717) is 12.8 Å². The molecule has 0 fully saturated rings. The van der Waals surface area contributed by atoms with Gasteiger partial charge in [-0.3, -0.25) is 9.59 Å². The first kappa shape index (κ1) is 77.8. The minimum atomic E-state index is -0.801. The van der Waals surface area contributed by atoms with Crippen LogP contribution in [0.25, 0.3) is 0 Å². The van der Waals surface area contributed by atoms with E-state index in [1.54, 1.807) is 0 Å². The summed E-state index contributed by atoms with van der Waals surface area (Å²) in [5, 5.41) is 9.69. The Kier molecular flexibility index (Phi) is 67.4. The van der Waals surface area contributed by atoms with Crippen molar-refractivity contribution in [1.82, 2.24) is 0 Å². The number of rotatable bonds is 62. The van der Waals surface area contributed by atoms with Crippen LogP contribution in [0, 0.1) is 0 Å². The van der Waals surface area contributed by atoms with Gasteiger partial charge in [-0.05, 0) is 122 Å². The molecule has 82 heavy (non-hydrogen) atoms. The average molecular weight is 1130 g/mol. The fourth-order valence-corrected chi connectivity index (χ4v) is 9.50. The minimum absolute atomic E-state index is 0.0858. The van der Waals surface area contributed by atoms with Crippen LogP contribution in [-0.4, -0.2) is 36.4 Å². The van der Waals surface area contributed by atoms with Crippen molar-refractivity contribution in [3.63, 3.8) is 0 Å². The predicted molar refractivity (Wildman–Crippen MR) is 361 cm³/mol. The predicted octanol–water partition coefficient (Wildman–Crippen LogP) is 24.1. The van der Waals surface area contributed by atoms with Gasteiger partial charge in [-0.15, -0.1) is 0 Å². The van der Waals surface area contributed by atoms with Crippen molar-refractivity contribution in [1.29, 1.82) is 0 Å². The van der Waals surface area contributed by atoms with Crippen molar-refractivity contribution >= 4 is 11.9 Å². The topological polar surface area (TPSA) is 72.8 Å². The summed E-state index contributed by atoms with van der Waals surface area (Å²) in [4.78, 5) is 24.6. The Morgan fingerprint density at radius 1 is 0.293 bits per heavy atom. The molecule has 1 N–H and O–H groups in total. The van der Waals surface area contributed by atoms with Crippen molar-refractivity contribution in [3.05, 3.63) is 146 Å². The monoisotopic (exact) mass is 1130 g/mol. The lowest BCUT2D eigenvalue weighted by molar-refractivity contribution is -0.161. The summed E-state index contributed by atoms with van der Waals surface area (Å²) in [6.45, 7) is 4.00. The second-order valence-corrected chi connectivity index (χ2v) is 22.5. The van der Waals surface area contributed by atoms with E-state index in [2.05, 4.69) is 160 Å². The van der Waals surface area contributed by atoms with E-state index < -0.39 is 6.10 Å². The summed E-state index contributed by atoms with van der Waals surface area (Å²) in [5.41, 5.74) is 0. The van der Waals surface area contributed by atoms with Gasteiger partial charge in [0, 0.05) is 12.8 Å². The highest BCUT2D eigenvalue weighted by Gasteiger charge is 2.16. The summed E-state index contributed by atoms with van der Waals surface area (Å²) in [7, 11) is 0. The fraction of sp³-hybridized carbons (Fsp3) is 0.662. The van der Waals surface area contributed by atoms with Gasteiger partial charge in [-0.25, -0.2) is 0 Å². The molecular weight excluding hydrogens is 1000 g/mol. The number of ether oxygens (including phenoxy) is 2. The number of allylic oxidation sites excluding steroid dienone is 24. The van der Waals surface area contributed by atoms with Gasteiger partial charge < -0.3 is 14.6 Å². The Hall–Kier alpha value is -4.22. The van der Waals surface area contributed by atoms with Crippen LogP contribution in [0.1, 0.15) is 309 Å². The SMILES string of the molecule is CC/C=C\C/C=C\C/C=C\C/C=C\C/C=C\C/C=C\C/C=C\C/C=C\C/C=C\CCCCCC(=O)OC(CO)COC(=O)CCCCCCCCCCCCCCCCCCCCCCCC/C=C\C/C=C\C/C=C\CCCCCCC. The zero-order valence-electron chi connectivity index (χ0n) is 53.5. The maximum absolute atomic E-state index is 12.3. The number of hydrogen-bond acceptors (Lipinski definition) is 5. The van der Waals surface area contributed by atoms with Gasteiger partial charge in [0.25, 0.3) is 0 Å². The lowest BCUT2D eigenvalue weighted by atomic mass is 10.0. The van der Waals surface area contributed by atoms with E-state index in [0.717, 1.165) is 116 Å². The molecule has 0 bridgehead atoms. The normalized spacial score (nSPS) is 13.2. The van der Waals surface area contributed by atoms with E-state index in [4.69, 9.17) is 9.47 Å². The van der Waals surface area contributed by atoms with E-state index >= 15 is 0 Å². The number of carbonyl (C=O) groups excluding carboxylic acids is 2.